The molecular formula is C19H29N3O. The van der Waals surface area contributed by atoms with Gasteiger partial charge < -0.3 is 10.2 Å². The molecule has 0 aromatic carbocycles. The lowest BCUT2D eigenvalue weighted by molar-refractivity contribution is -0.127. The maximum atomic E-state index is 12.3. The van der Waals surface area contributed by atoms with Gasteiger partial charge in [0.05, 0.1) is 0 Å². The summed E-state index contributed by atoms with van der Waals surface area (Å²) in [7, 11) is 0. The molecule has 0 atom stereocenters. The molecule has 1 aliphatic carbocycles. The van der Waals surface area contributed by atoms with E-state index in [-0.39, 0.29) is 5.92 Å². The Morgan fingerprint density at radius 2 is 1.78 bits per heavy atom. The molecule has 3 rings (SSSR count). The molecule has 1 amide bonds. The molecule has 1 aromatic rings. The van der Waals surface area contributed by atoms with E-state index in [4.69, 9.17) is 0 Å². The molecule has 1 N–H and O–H groups in total. The van der Waals surface area contributed by atoms with Gasteiger partial charge in [0.15, 0.2) is 0 Å². The summed E-state index contributed by atoms with van der Waals surface area (Å²) in [4.78, 5) is 18.9. The van der Waals surface area contributed by atoms with Crippen molar-refractivity contribution in [3.8, 4) is 0 Å². The number of piperidine rings is 1. The van der Waals surface area contributed by atoms with Gasteiger partial charge in [0.2, 0.25) is 5.91 Å². The summed E-state index contributed by atoms with van der Waals surface area (Å²) in [6.07, 6.45) is 12.9. The minimum absolute atomic E-state index is 0.286. The lowest BCUT2D eigenvalue weighted by Crippen LogP contribution is -2.46. The van der Waals surface area contributed by atoms with E-state index in [0.717, 1.165) is 51.7 Å². The predicted octanol–water partition coefficient (Wildman–Crippen LogP) is 2.79. The van der Waals surface area contributed by atoms with Gasteiger partial charge in [0.1, 0.15) is 0 Å². The maximum Gasteiger partial charge on any atom is 0.223 e. The Labute approximate surface area is 139 Å². The van der Waals surface area contributed by atoms with Crippen molar-refractivity contribution in [2.45, 2.75) is 57.4 Å². The van der Waals surface area contributed by atoms with E-state index in [0.29, 0.717) is 11.9 Å². The average molecular weight is 315 g/mol. The minimum atomic E-state index is 0.286. The van der Waals surface area contributed by atoms with E-state index >= 15 is 0 Å². The zero-order chi connectivity index (χ0) is 15.9. The summed E-state index contributed by atoms with van der Waals surface area (Å²) >= 11 is 0. The average Bonchev–Trinajstić information content (AvgIpc) is 2.63. The van der Waals surface area contributed by atoms with Crippen LogP contribution in [0.1, 0.15) is 50.5 Å². The third kappa shape index (κ3) is 5.03. The maximum absolute atomic E-state index is 12.3. The SMILES string of the molecule is O=C(NC1CCN(CCc2ccncc2)CC1)C1CCCCC1. The topological polar surface area (TPSA) is 45.2 Å². The number of carbonyl (C=O) groups excluding carboxylic acids is 1. The van der Waals surface area contributed by atoms with Gasteiger partial charge >= 0.3 is 0 Å². The van der Waals surface area contributed by atoms with Gasteiger partial charge in [-0.3, -0.25) is 9.78 Å². The number of pyridine rings is 1. The van der Waals surface area contributed by atoms with Crippen molar-refractivity contribution in [1.82, 2.24) is 15.2 Å². The number of nitrogens with zero attached hydrogens (tertiary/aromatic N) is 2. The molecule has 1 saturated carbocycles. The van der Waals surface area contributed by atoms with Gasteiger partial charge in [-0.25, -0.2) is 0 Å². The van der Waals surface area contributed by atoms with Crippen LogP contribution in [0.5, 0.6) is 0 Å². The third-order valence-electron chi connectivity index (χ3n) is 5.38. The van der Waals surface area contributed by atoms with Crippen molar-refractivity contribution >= 4 is 5.91 Å². The number of carbonyl (C=O) groups is 1. The van der Waals surface area contributed by atoms with E-state index in [1.54, 1.807) is 0 Å². The first-order valence-electron chi connectivity index (χ1n) is 9.23. The van der Waals surface area contributed by atoms with Gasteiger partial charge in [-0.2, -0.15) is 0 Å². The highest BCUT2D eigenvalue weighted by Gasteiger charge is 2.25. The van der Waals surface area contributed by atoms with Gasteiger partial charge in [-0.15, -0.1) is 0 Å². The van der Waals surface area contributed by atoms with E-state index in [1.165, 1.54) is 24.8 Å². The molecule has 0 spiro atoms. The third-order valence-corrected chi connectivity index (χ3v) is 5.38. The van der Waals surface area contributed by atoms with E-state index in [9.17, 15) is 4.79 Å². The summed E-state index contributed by atoms with van der Waals surface area (Å²) < 4.78 is 0. The molecule has 23 heavy (non-hydrogen) atoms. The van der Waals surface area contributed by atoms with Crippen molar-refractivity contribution in [2.24, 2.45) is 5.92 Å². The normalized spacial score (nSPS) is 21.2. The van der Waals surface area contributed by atoms with Crippen molar-refractivity contribution in [2.75, 3.05) is 19.6 Å². The van der Waals surface area contributed by atoms with Crippen molar-refractivity contribution in [3.63, 3.8) is 0 Å². The van der Waals surface area contributed by atoms with Crippen LogP contribution in [0.3, 0.4) is 0 Å². The Hall–Kier alpha value is -1.42. The molecular weight excluding hydrogens is 286 g/mol. The lowest BCUT2D eigenvalue weighted by atomic mass is 9.88. The molecule has 1 aromatic heterocycles. The first-order chi connectivity index (χ1) is 11.3. The zero-order valence-corrected chi connectivity index (χ0v) is 14.0. The van der Waals surface area contributed by atoms with E-state index in [2.05, 4.69) is 27.3 Å². The highest BCUT2D eigenvalue weighted by Crippen LogP contribution is 2.24. The van der Waals surface area contributed by atoms with Crippen LogP contribution in [0.4, 0.5) is 0 Å². The van der Waals surface area contributed by atoms with Crippen molar-refractivity contribution < 1.29 is 4.79 Å². The van der Waals surface area contributed by atoms with Gasteiger partial charge in [0, 0.05) is 44.0 Å². The monoisotopic (exact) mass is 315 g/mol. The van der Waals surface area contributed by atoms with Crippen molar-refractivity contribution in [1.29, 1.82) is 0 Å². The number of hydrogen-bond donors (Lipinski definition) is 1. The van der Waals surface area contributed by atoms with Crippen LogP contribution < -0.4 is 5.32 Å². The highest BCUT2D eigenvalue weighted by atomic mass is 16.1. The Balaban J connectivity index is 1.36. The molecule has 1 aliphatic heterocycles. The number of nitrogens with one attached hydrogen (secondary N) is 1. The Morgan fingerprint density at radius 1 is 1.09 bits per heavy atom. The Kier molecular flexibility index (Phi) is 6.03. The van der Waals surface area contributed by atoms with Crippen LogP contribution in [0, 0.1) is 5.92 Å². The van der Waals surface area contributed by atoms with Crippen LogP contribution in [0.2, 0.25) is 0 Å². The summed E-state index contributed by atoms with van der Waals surface area (Å²) in [6.45, 7) is 3.30. The standard InChI is InChI=1S/C19H29N3O/c23-19(17-4-2-1-3-5-17)21-18-9-14-22(15-10-18)13-8-16-6-11-20-12-7-16/h6-7,11-12,17-18H,1-5,8-10,13-15H2,(H,21,23). The first-order valence-corrected chi connectivity index (χ1v) is 9.23. The molecule has 0 radical (unpaired) electrons. The first kappa shape index (κ1) is 16.4. The molecule has 2 heterocycles. The predicted molar refractivity (Wildman–Crippen MR) is 92.1 cm³/mol. The van der Waals surface area contributed by atoms with Crippen LogP contribution in [-0.4, -0.2) is 41.5 Å². The fourth-order valence-electron chi connectivity index (χ4n) is 3.82. The van der Waals surface area contributed by atoms with Crippen LogP contribution >= 0.6 is 0 Å². The fourth-order valence-corrected chi connectivity index (χ4v) is 3.82. The molecule has 2 fully saturated rings. The van der Waals surface area contributed by atoms with Crippen molar-refractivity contribution in [3.05, 3.63) is 30.1 Å². The summed E-state index contributed by atoms with van der Waals surface area (Å²) in [5.41, 5.74) is 1.35. The molecule has 2 aliphatic rings. The zero-order valence-electron chi connectivity index (χ0n) is 14.0. The number of aromatic nitrogens is 1. The Bertz CT molecular complexity index is 477. The Morgan fingerprint density at radius 3 is 2.48 bits per heavy atom. The highest BCUT2D eigenvalue weighted by molar-refractivity contribution is 5.79. The lowest BCUT2D eigenvalue weighted by Gasteiger charge is -2.33. The number of amides is 1. The second-order valence-electron chi connectivity index (χ2n) is 7.06. The van der Waals surface area contributed by atoms with Crippen LogP contribution in [-0.2, 0) is 11.2 Å². The smallest absolute Gasteiger partial charge is 0.223 e. The summed E-state index contributed by atoms with van der Waals surface area (Å²) in [5, 5.41) is 3.31. The second kappa shape index (κ2) is 8.44. The number of rotatable bonds is 5. The van der Waals surface area contributed by atoms with Gasteiger partial charge in [0.25, 0.3) is 0 Å². The number of likely N-dealkylation sites (tertiary alicyclic amines) is 1. The largest absolute Gasteiger partial charge is 0.353 e. The van der Waals surface area contributed by atoms with Crippen LogP contribution in [0.15, 0.2) is 24.5 Å². The van der Waals surface area contributed by atoms with Gasteiger partial charge in [-0.1, -0.05) is 19.3 Å². The van der Waals surface area contributed by atoms with Crippen LogP contribution in [0.25, 0.3) is 0 Å². The molecule has 126 valence electrons. The fraction of sp³-hybridized carbons (Fsp3) is 0.684. The molecule has 1 saturated heterocycles. The van der Waals surface area contributed by atoms with E-state index < -0.39 is 0 Å². The minimum Gasteiger partial charge on any atom is -0.353 e. The number of hydrogen-bond acceptors (Lipinski definition) is 3. The summed E-state index contributed by atoms with van der Waals surface area (Å²) in [6, 6.07) is 4.58. The summed E-state index contributed by atoms with van der Waals surface area (Å²) in [5.74, 6) is 0.605. The van der Waals surface area contributed by atoms with Gasteiger partial charge in [-0.05, 0) is 49.8 Å². The second-order valence-corrected chi connectivity index (χ2v) is 7.06. The molecule has 4 nitrogen and oxygen atoms in total. The molecule has 0 unspecified atom stereocenters. The molecule has 0 bridgehead atoms. The van der Waals surface area contributed by atoms with E-state index in [1.807, 2.05) is 12.4 Å². The quantitative estimate of drug-likeness (QED) is 0.909. The molecule has 4 heteroatoms.